The van der Waals surface area contributed by atoms with Crippen molar-refractivity contribution in [3.63, 3.8) is 0 Å². The second kappa shape index (κ2) is 8.15. The number of hydrogen-bond acceptors (Lipinski definition) is 4. The SMILES string of the molecule is O=C(c1oc2ccccc2c1CSc1ccc(F)cc1)N1CCCNCC1. The van der Waals surface area contributed by atoms with Crippen molar-refractivity contribution in [2.75, 3.05) is 26.2 Å². The minimum absolute atomic E-state index is 0.0513. The number of thioether (sulfide) groups is 1. The number of carbonyl (C=O) groups is 1. The molecule has 2 heterocycles. The van der Waals surface area contributed by atoms with E-state index < -0.39 is 0 Å². The zero-order chi connectivity index (χ0) is 18.6. The molecule has 0 saturated carbocycles. The lowest BCUT2D eigenvalue weighted by Gasteiger charge is -2.19. The number of amides is 1. The van der Waals surface area contributed by atoms with E-state index in [1.54, 1.807) is 23.9 Å². The van der Waals surface area contributed by atoms with Crippen molar-refractivity contribution >= 4 is 28.6 Å². The molecular weight excluding hydrogens is 363 g/mol. The van der Waals surface area contributed by atoms with Crippen LogP contribution in [-0.4, -0.2) is 37.0 Å². The molecule has 27 heavy (non-hydrogen) atoms. The number of nitrogens with one attached hydrogen (secondary N) is 1. The molecule has 1 amide bonds. The van der Waals surface area contributed by atoms with Crippen LogP contribution in [0.15, 0.2) is 57.8 Å². The minimum atomic E-state index is -0.251. The summed E-state index contributed by atoms with van der Waals surface area (Å²) in [5, 5.41) is 4.28. The van der Waals surface area contributed by atoms with Gasteiger partial charge in [-0.1, -0.05) is 18.2 Å². The summed E-state index contributed by atoms with van der Waals surface area (Å²) in [5.74, 6) is 0.714. The van der Waals surface area contributed by atoms with Crippen molar-refractivity contribution in [3.8, 4) is 0 Å². The fourth-order valence-corrected chi connectivity index (χ4v) is 4.22. The zero-order valence-corrected chi connectivity index (χ0v) is 15.7. The third-order valence-corrected chi connectivity index (χ3v) is 5.76. The molecule has 1 fully saturated rings. The molecule has 0 spiro atoms. The van der Waals surface area contributed by atoms with E-state index >= 15 is 0 Å². The van der Waals surface area contributed by atoms with E-state index in [0.717, 1.165) is 47.5 Å². The predicted octanol–water partition coefficient (Wildman–Crippen LogP) is 4.30. The van der Waals surface area contributed by atoms with Crippen LogP contribution < -0.4 is 5.32 Å². The average molecular weight is 384 g/mol. The van der Waals surface area contributed by atoms with Crippen molar-refractivity contribution in [2.45, 2.75) is 17.1 Å². The van der Waals surface area contributed by atoms with Gasteiger partial charge in [-0.05, 0) is 43.3 Å². The fraction of sp³-hybridized carbons (Fsp3) is 0.286. The molecular formula is C21H21FN2O2S. The summed E-state index contributed by atoms with van der Waals surface area (Å²) in [6.07, 6.45) is 0.936. The molecule has 3 aromatic rings. The number of carbonyl (C=O) groups excluding carboxylic acids is 1. The number of nitrogens with zero attached hydrogens (tertiary/aromatic N) is 1. The van der Waals surface area contributed by atoms with Crippen LogP contribution in [0.1, 0.15) is 22.5 Å². The largest absolute Gasteiger partial charge is 0.451 e. The van der Waals surface area contributed by atoms with Gasteiger partial charge in [-0.15, -0.1) is 11.8 Å². The van der Waals surface area contributed by atoms with Crippen LogP contribution >= 0.6 is 11.8 Å². The Morgan fingerprint density at radius 2 is 1.93 bits per heavy atom. The molecule has 1 aromatic heterocycles. The molecule has 4 nitrogen and oxygen atoms in total. The van der Waals surface area contributed by atoms with Crippen LogP contribution in [0.3, 0.4) is 0 Å². The van der Waals surface area contributed by atoms with Gasteiger partial charge < -0.3 is 14.6 Å². The summed E-state index contributed by atoms with van der Waals surface area (Å²) in [4.78, 5) is 16.0. The van der Waals surface area contributed by atoms with Gasteiger partial charge in [0.2, 0.25) is 0 Å². The minimum Gasteiger partial charge on any atom is -0.451 e. The van der Waals surface area contributed by atoms with Gasteiger partial charge in [-0.25, -0.2) is 4.39 Å². The maximum Gasteiger partial charge on any atom is 0.289 e. The van der Waals surface area contributed by atoms with Gasteiger partial charge in [0.25, 0.3) is 5.91 Å². The van der Waals surface area contributed by atoms with E-state index in [-0.39, 0.29) is 11.7 Å². The molecule has 0 atom stereocenters. The quantitative estimate of drug-likeness (QED) is 0.681. The number of para-hydroxylation sites is 1. The van der Waals surface area contributed by atoms with Crippen LogP contribution in [-0.2, 0) is 5.75 Å². The Morgan fingerprint density at radius 1 is 1.11 bits per heavy atom. The van der Waals surface area contributed by atoms with E-state index in [4.69, 9.17) is 4.42 Å². The van der Waals surface area contributed by atoms with Crippen molar-refractivity contribution in [2.24, 2.45) is 0 Å². The number of furan rings is 1. The molecule has 1 aliphatic heterocycles. The van der Waals surface area contributed by atoms with Crippen LogP contribution in [0.2, 0.25) is 0 Å². The standard InChI is InChI=1S/C21H21FN2O2S/c22-15-6-8-16(9-7-15)27-14-18-17-4-1-2-5-19(17)26-20(18)21(25)24-12-3-10-23-11-13-24/h1-2,4-9,23H,3,10-14H2. The van der Waals surface area contributed by atoms with Crippen LogP contribution in [0, 0.1) is 5.82 Å². The topological polar surface area (TPSA) is 45.5 Å². The van der Waals surface area contributed by atoms with Crippen LogP contribution in [0.25, 0.3) is 11.0 Å². The normalized spacial score (nSPS) is 15.1. The van der Waals surface area contributed by atoms with Gasteiger partial charge in [-0.2, -0.15) is 0 Å². The zero-order valence-electron chi connectivity index (χ0n) is 14.9. The van der Waals surface area contributed by atoms with Crippen molar-refractivity contribution in [1.82, 2.24) is 10.2 Å². The number of rotatable bonds is 4. The summed E-state index contributed by atoms with van der Waals surface area (Å²) < 4.78 is 19.1. The maximum absolute atomic E-state index is 13.1. The first-order valence-corrected chi connectivity index (χ1v) is 10.1. The lowest BCUT2D eigenvalue weighted by molar-refractivity contribution is 0.0735. The smallest absolute Gasteiger partial charge is 0.289 e. The Kier molecular flexibility index (Phi) is 5.45. The summed E-state index contributed by atoms with van der Waals surface area (Å²) in [6.45, 7) is 3.14. The number of fused-ring (bicyclic) bond motifs is 1. The third-order valence-electron chi connectivity index (χ3n) is 4.72. The molecule has 6 heteroatoms. The lowest BCUT2D eigenvalue weighted by Crippen LogP contribution is -2.34. The second-order valence-corrected chi connectivity index (χ2v) is 7.59. The monoisotopic (exact) mass is 384 g/mol. The number of hydrogen-bond donors (Lipinski definition) is 1. The Morgan fingerprint density at radius 3 is 2.78 bits per heavy atom. The van der Waals surface area contributed by atoms with E-state index in [0.29, 0.717) is 18.1 Å². The molecule has 1 saturated heterocycles. The highest BCUT2D eigenvalue weighted by Crippen LogP contribution is 2.33. The molecule has 2 aromatic carbocycles. The predicted molar refractivity (Wildman–Crippen MR) is 106 cm³/mol. The average Bonchev–Trinajstić information content (AvgIpc) is 2.86. The molecule has 0 bridgehead atoms. The first-order chi connectivity index (χ1) is 13.2. The van der Waals surface area contributed by atoms with Gasteiger partial charge in [0.15, 0.2) is 5.76 Å². The highest BCUT2D eigenvalue weighted by molar-refractivity contribution is 7.98. The molecule has 1 N–H and O–H groups in total. The molecule has 140 valence electrons. The van der Waals surface area contributed by atoms with Crippen molar-refractivity contribution in [1.29, 1.82) is 0 Å². The van der Waals surface area contributed by atoms with Gasteiger partial charge in [0, 0.05) is 41.2 Å². The van der Waals surface area contributed by atoms with Crippen LogP contribution in [0.5, 0.6) is 0 Å². The molecule has 1 aliphatic rings. The highest BCUT2D eigenvalue weighted by atomic mass is 32.2. The third kappa shape index (κ3) is 4.01. The second-order valence-electron chi connectivity index (χ2n) is 6.54. The lowest BCUT2D eigenvalue weighted by atomic mass is 10.1. The Labute approximate surface area is 161 Å². The van der Waals surface area contributed by atoms with Crippen molar-refractivity contribution in [3.05, 3.63) is 65.7 Å². The van der Waals surface area contributed by atoms with E-state index in [9.17, 15) is 9.18 Å². The Bertz CT molecular complexity index is 931. The van der Waals surface area contributed by atoms with Crippen LogP contribution in [0.4, 0.5) is 4.39 Å². The van der Waals surface area contributed by atoms with E-state index in [1.165, 1.54) is 12.1 Å². The number of halogens is 1. The van der Waals surface area contributed by atoms with Gasteiger partial charge >= 0.3 is 0 Å². The van der Waals surface area contributed by atoms with E-state index in [1.807, 2.05) is 29.2 Å². The number of benzene rings is 2. The molecule has 0 aliphatic carbocycles. The highest BCUT2D eigenvalue weighted by Gasteiger charge is 2.25. The first kappa shape index (κ1) is 18.1. The summed E-state index contributed by atoms with van der Waals surface area (Å²) >= 11 is 1.57. The maximum atomic E-state index is 13.1. The first-order valence-electron chi connectivity index (χ1n) is 9.11. The molecule has 4 rings (SSSR count). The Hall–Kier alpha value is -2.31. The van der Waals surface area contributed by atoms with Crippen molar-refractivity contribution < 1.29 is 13.6 Å². The van der Waals surface area contributed by atoms with Gasteiger partial charge in [0.1, 0.15) is 11.4 Å². The summed E-state index contributed by atoms with van der Waals surface area (Å²) in [5.41, 5.74) is 1.63. The van der Waals surface area contributed by atoms with Gasteiger partial charge in [-0.3, -0.25) is 4.79 Å². The summed E-state index contributed by atoms with van der Waals surface area (Å²) in [7, 11) is 0. The Balaban J connectivity index is 1.64. The van der Waals surface area contributed by atoms with E-state index in [2.05, 4.69) is 5.32 Å². The molecule has 0 radical (unpaired) electrons. The summed E-state index contributed by atoms with van der Waals surface area (Å²) in [6, 6.07) is 14.1. The van der Waals surface area contributed by atoms with Gasteiger partial charge in [0.05, 0.1) is 0 Å². The molecule has 0 unspecified atom stereocenters. The fourth-order valence-electron chi connectivity index (χ4n) is 3.29.